The third-order valence-corrected chi connectivity index (χ3v) is 4.69. The smallest absolute Gasteiger partial charge is 0.326 e. The molecule has 2 aliphatic rings. The van der Waals surface area contributed by atoms with E-state index in [0.29, 0.717) is 17.9 Å². The summed E-state index contributed by atoms with van der Waals surface area (Å²) >= 11 is 0. The van der Waals surface area contributed by atoms with Crippen molar-refractivity contribution in [3.8, 4) is 5.69 Å². The van der Waals surface area contributed by atoms with E-state index in [1.54, 1.807) is 0 Å². The summed E-state index contributed by atoms with van der Waals surface area (Å²) in [6, 6.07) is 5.75. The van der Waals surface area contributed by atoms with Gasteiger partial charge < -0.3 is 10.2 Å². The van der Waals surface area contributed by atoms with Crippen LogP contribution >= 0.6 is 0 Å². The van der Waals surface area contributed by atoms with Gasteiger partial charge in [-0.25, -0.2) is 13.5 Å². The molecule has 0 saturated carbocycles. The largest absolute Gasteiger partial charge is 0.435 e. The summed E-state index contributed by atoms with van der Waals surface area (Å²) in [6.07, 6.45) is -4.32. The summed E-state index contributed by atoms with van der Waals surface area (Å²) < 4.78 is 66.8. The van der Waals surface area contributed by atoms with Gasteiger partial charge in [-0.3, -0.25) is 4.79 Å². The molecule has 1 aromatic heterocycles. The van der Waals surface area contributed by atoms with Crippen LogP contribution in [0.2, 0.25) is 0 Å². The molecule has 0 unspecified atom stereocenters. The van der Waals surface area contributed by atoms with Crippen LogP contribution < -0.4 is 5.32 Å². The number of halogens is 5. The van der Waals surface area contributed by atoms with Gasteiger partial charge in [-0.2, -0.15) is 18.3 Å². The van der Waals surface area contributed by atoms with Crippen molar-refractivity contribution in [2.45, 2.75) is 25.1 Å². The number of carbonyl (C=O) groups excluding carboxylic acids is 1. The molecule has 2 aromatic rings. The van der Waals surface area contributed by atoms with Crippen LogP contribution in [0.25, 0.3) is 5.69 Å². The highest BCUT2D eigenvalue weighted by Gasteiger charge is 2.46. The van der Waals surface area contributed by atoms with Crippen molar-refractivity contribution in [1.29, 1.82) is 0 Å². The second kappa shape index (κ2) is 6.01. The normalized spacial score (nSPS) is 18.8. The molecule has 1 N–H and O–H groups in total. The maximum atomic E-state index is 13.3. The number of fused-ring (bicyclic) bond motifs is 1. The molecule has 4 rings (SSSR count). The van der Waals surface area contributed by atoms with E-state index in [-0.39, 0.29) is 24.1 Å². The number of nitrogens with zero attached hydrogens (tertiary/aromatic N) is 3. The van der Waals surface area contributed by atoms with Crippen molar-refractivity contribution >= 4 is 5.91 Å². The number of hydrogen-bond donors (Lipinski definition) is 1. The molecule has 0 spiro atoms. The lowest BCUT2D eigenvalue weighted by atomic mass is 10.1. The first-order valence-corrected chi connectivity index (χ1v) is 8.32. The van der Waals surface area contributed by atoms with E-state index < -0.39 is 36.8 Å². The highest BCUT2D eigenvalue weighted by atomic mass is 19.4. The first-order valence-electron chi connectivity index (χ1n) is 8.32. The zero-order valence-electron chi connectivity index (χ0n) is 14.0. The van der Waals surface area contributed by atoms with Crippen molar-refractivity contribution in [3.63, 3.8) is 0 Å². The maximum absolute atomic E-state index is 13.3. The van der Waals surface area contributed by atoms with Gasteiger partial charge in [0.05, 0.1) is 24.5 Å². The molecule has 5 nitrogen and oxygen atoms in total. The van der Waals surface area contributed by atoms with Gasteiger partial charge in [-0.15, -0.1) is 0 Å². The molecule has 1 aromatic carbocycles. The second-order valence-corrected chi connectivity index (χ2v) is 6.67. The number of aromatic nitrogens is 2. The van der Waals surface area contributed by atoms with Gasteiger partial charge in [0.15, 0.2) is 5.69 Å². The molecule has 0 radical (unpaired) electrons. The van der Waals surface area contributed by atoms with E-state index in [0.717, 1.165) is 4.90 Å². The molecule has 2 aliphatic heterocycles. The number of nitrogens with one attached hydrogen (secondary N) is 1. The Labute approximate surface area is 150 Å². The van der Waals surface area contributed by atoms with Gasteiger partial charge in [0.25, 0.3) is 11.8 Å². The fourth-order valence-electron chi connectivity index (χ4n) is 3.37. The van der Waals surface area contributed by atoms with Crippen LogP contribution in [0.15, 0.2) is 24.3 Å². The molecule has 144 valence electrons. The monoisotopic (exact) mass is 386 g/mol. The molecule has 27 heavy (non-hydrogen) atoms. The highest BCUT2D eigenvalue weighted by Crippen LogP contribution is 2.35. The maximum Gasteiger partial charge on any atom is 0.435 e. The molecule has 3 heterocycles. The quantitative estimate of drug-likeness (QED) is 0.808. The number of rotatable bonds is 2. The second-order valence-electron chi connectivity index (χ2n) is 6.67. The van der Waals surface area contributed by atoms with Crippen molar-refractivity contribution in [2.24, 2.45) is 0 Å². The predicted octanol–water partition coefficient (Wildman–Crippen LogP) is 2.63. The number of alkyl halides is 5. The fourth-order valence-corrected chi connectivity index (χ4v) is 3.37. The Kier molecular flexibility index (Phi) is 3.99. The summed E-state index contributed by atoms with van der Waals surface area (Å²) in [4.78, 5) is 13.2. The Morgan fingerprint density at radius 3 is 2.41 bits per heavy atom. The Hall–Kier alpha value is -2.49. The fraction of sp³-hybridized carbons (Fsp3) is 0.412. The van der Waals surface area contributed by atoms with Crippen LogP contribution in [0.4, 0.5) is 22.0 Å². The van der Waals surface area contributed by atoms with Crippen LogP contribution in [0, 0.1) is 0 Å². The standard InChI is InChI=1S/C17H15F5N4O/c18-16(19)8-25(9-16)15(27)10-1-3-11(4-2-10)26-13-7-23-6-5-12(13)14(24-26)17(20,21)22/h1-4,23H,5-9H2. The number of likely N-dealkylation sites (tertiary alicyclic amines) is 1. The van der Waals surface area contributed by atoms with Crippen molar-refractivity contribution in [3.05, 3.63) is 46.8 Å². The van der Waals surface area contributed by atoms with E-state index in [4.69, 9.17) is 0 Å². The molecular formula is C17H15F5N4O. The lowest BCUT2D eigenvalue weighted by molar-refractivity contribution is -0.142. The Balaban J connectivity index is 1.63. The minimum Gasteiger partial charge on any atom is -0.326 e. The van der Waals surface area contributed by atoms with Gasteiger partial charge >= 0.3 is 6.18 Å². The lowest BCUT2D eigenvalue weighted by Gasteiger charge is -2.38. The molecule has 0 aliphatic carbocycles. The zero-order valence-corrected chi connectivity index (χ0v) is 14.0. The molecule has 10 heteroatoms. The Morgan fingerprint density at radius 2 is 1.81 bits per heavy atom. The Bertz CT molecular complexity index is 880. The number of carbonyl (C=O) groups is 1. The minimum atomic E-state index is -4.55. The summed E-state index contributed by atoms with van der Waals surface area (Å²) in [7, 11) is 0. The average molecular weight is 386 g/mol. The van der Waals surface area contributed by atoms with Gasteiger partial charge in [0, 0.05) is 17.7 Å². The summed E-state index contributed by atoms with van der Waals surface area (Å²) in [6.45, 7) is -0.556. The molecule has 0 bridgehead atoms. The molecule has 1 fully saturated rings. The topological polar surface area (TPSA) is 50.2 Å². The van der Waals surface area contributed by atoms with Crippen LogP contribution in [0.5, 0.6) is 0 Å². The molecule has 0 atom stereocenters. The van der Waals surface area contributed by atoms with E-state index in [1.165, 1.54) is 28.9 Å². The SMILES string of the molecule is O=C(c1ccc(-n2nc(C(F)(F)F)c3c2CNCC3)cc1)N1CC(F)(F)C1. The summed E-state index contributed by atoms with van der Waals surface area (Å²) in [5, 5.41) is 6.77. The molecule has 1 amide bonds. The molecule has 1 saturated heterocycles. The molecular weight excluding hydrogens is 371 g/mol. The van der Waals surface area contributed by atoms with E-state index >= 15 is 0 Å². The van der Waals surface area contributed by atoms with Crippen LogP contribution in [-0.2, 0) is 19.1 Å². The summed E-state index contributed by atoms with van der Waals surface area (Å²) in [5.41, 5.74) is 0.265. The van der Waals surface area contributed by atoms with Crippen LogP contribution in [0.1, 0.15) is 27.3 Å². The van der Waals surface area contributed by atoms with Crippen LogP contribution in [0.3, 0.4) is 0 Å². The summed E-state index contributed by atoms with van der Waals surface area (Å²) in [5.74, 6) is -3.39. The van der Waals surface area contributed by atoms with Gasteiger partial charge in [0.2, 0.25) is 0 Å². The van der Waals surface area contributed by atoms with E-state index in [1.807, 2.05) is 0 Å². The van der Waals surface area contributed by atoms with E-state index in [2.05, 4.69) is 10.4 Å². The number of amides is 1. The van der Waals surface area contributed by atoms with Crippen LogP contribution in [-0.4, -0.2) is 46.1 Å². The third-order valence-electron chi connectivity index (χ3n) is 4.69. The Morgan fingerprint density at radius 1 is 1.15 bits per heavy atom. The van der Waals surface area contributed by atoms with Gasteiger partial charge in [-0.1, -0.05) is 0 Å². The van der Waals surface area contributed by atoms with E-state index in [9.17, 15) is 26.7 Å². The highest BCUT2D eigenvalue weighted by molar-refractivity contribution is 5.95. The first-order chi connectivity index (χ1) is 12.7. The van der Waals surface area contributed by atoms with Crippen molar-refractivity contribution in [2.75, 3.05) is 19.6 Å². The van der Waals surface area contributed by atoms with Crippen molar-refractivity contribution < 1.29 is 26.7 Å². The van der Waals surface area contributed by atoms with Gasteiger partial charge in [-0.05, 0) is 37.2 Å². The number of hydrogen-bond acceptors (Lipinski definition) is 3. The number of benzene rings is 1. The predicted molar refractivity (Wildman–Crippen MR) is 84.8 cm³/mol. The minimum absolute atomic E-state index is 0.171. The van der Waals surface area contributed by atoms with Gasteiger partial charge in [0.1, 0.15) is 0 Å². The third kappa shape index (κ3) is 3.18. The lowest BCUT2D eigenvalue weighted by Crippen LogP contribution is -2.58. The first kappa shape index (κ1) is 17.9. The zero-order chi connectivity index (χ0) is 19.4. The average Bonchev–Trinajstić information content (AvgIpc) is 2.99. The van der Waals surface area contributed by atoms with Crippen molar-refractivity contribution in [1.82, 2.24) is 20.0 Å².